The molecule has 5 rings (SSSR count). The van der Waals surface area contributed by atoms with Crippen molar-refractivity contribution in [1.82, 2.24) is 9.88 Å². The van der Waals surface area contributed by atoms with Gasteiger partial charge in [-0.2, -0.15) is 0 Å². The summed E-state index contributed by atoms with van der Waals surface area (Å²) in [7, 11) is 5.76. The molecule has 188 valence electrons. The maximum atomic E-state index is 12.5. The zero-order chi connectivity index (χ0) is 26.0. The molecule has 1 aromatic heterocycles. The van der Waals surface area contributed by atoms with Gasteiger partial charge in [0, 0.05) is 22.8 Å². The van der Waals surface area contributed by atoms with Crippen LogP contribution < -0.4 is 4.74 Å². The molecule has 0 saturated heterocycles. The first-order valence-corrected chi connectivity index (χ1v) is 13.3. The van der Waals surface area contributed by atoms with Gasteiger partial charge in [0.2, 0.25) is 0 Å². The van der Waals surface area contributed by atoms with Crippen LogP contribution in [-0.4, -0.2) is 42.7 Å². The third-order valence-electron chi connectivity index (χ3n) is 6.98. The summed E-state index contributed by atoms with van der Waals surface area (Å²) in [5, 5.41) is 15.8. The molecule has 5 heteroatoms. The molecular weight excluding hydrogens is 524 g/mol. The highest BCUT2D eigenvalue weighted by Crippen LogP contribution is 2.42. The topological polar surface area (TPSA) is 45.6 Å². The van der Waals surface area contributed by atoms with Gasteiger partial charge in [-0.05, 0) is 82.6 Å². The summed E-state index contributed by atoms with van der Waals surface area (Å²) in [6.45, 7) is 0.744. The lowest BCUT2D eigenvalue weighted by Gasteiger charge is -2.32. The van der Waals surface area contributed by atoms with Crippen molar-refractivity contribution in [3.8, 4) is 17.0 Å². The lowest BCUT2D eigenvalue weighted by Crippen LogP contribution is -2.33. The molecule has 0 aliphatic heterocycles. The van der Waals surface area contributed by atoms with E-state index in [1.807, 2.05) is 68.7 Å². The summed E-state index contributed by atoms with van der Waals surface area (Å²) < 4.78 is 6.66. The van der Waals surface area contributed by atoms with E-state index in [1.54, 1.807) is 7.11 Å². The Morgan fingerprint density at radius 3 is 2.38 bits per heavy atom. The Hall–Kier alpha value is -3.25. The Morgan fingerprint density at radius 1 is 0.892 bits per heavy atom. The zero-order valence-electron chi connectivity index (χ0n) is 21.4. The van der Waals surface area contributed by atoms with Crippen molar-refractivity contribution in [3.63, 3.8) is 0 Å². The Labute approximate surface area is 226 Å². The highest BCUT2D eigenvalue weighted by molar-refractivity contribution is 9.10. The number of benzene rings is 4. The van der Waals surface area contributed by atoms with Gasteiger partial charge in [-0.15, -0.1) is 0 Å². The normalized spacial score (nSPS) is 13.2. The fourth-order valence-corrected chi connectivity index (χ4v) is 5.62. The third kappa shape index (κ3) is 5.12. The molecule has 1 heterocycles. The number of halogens is 1. The minimum Gasteiger partial charge on any atom is -0.496 e. The van der Waals surface area contributed by atoms with Gasteiger partial charge >= 0.3 is 0 Å². The van der Waals surface area contributed by atoms with Crippen LogP contribution in [0.3, 0.4) is 0 Å². The second kappa shape index (κ2) is 10.6. The van der Waals surface area contributed by atoms with Crippen molar-refractivity contribution in [2.75, 3.05) is 27.7 Å². The molecule has 0 radical (unpaired) electrons. The Morgan fingerprint density at radius 2 is 1.59 bits per heavy atom. The second-order valence-electron chi connectivity index (χ2n) is 9.79. The zero-order valence-corrected chi connectivity index (χ0v) is 23.0. The molecule has 0 saturated carbocycles. The molecule has 0 spiro atoms. The van der Waals surface area contributed by atoms with Crippen LogP contribution in [-0.2, 0) is 12.0 Å². The number of fused-ring (bicyclic) bond motifs is 2. The third-order valence-corrected chi connectivity index (χ3v) is 7.64. The first-order chi connectivity index (χ1) is 17.9. The first-order valence-electron chi connectivity index (χ1n) is 12.5. The summed E-state index contributed by atoms with van der Waals surface area (Å²) in [6.07, 6.45) is 0.986. The fraction of sp³-hybridized carbons (Fsp3) is 0.219. The van der Waals surface area contributed by atoms with E-state index in [0.29, 0.717) is 12.8 Å². The van der Waals surface area contributed by atoms with E-state index in [2.05, 4.69) is 57.2 Å². The quantitative estimate of drug-likeness (QED) is 0.220. The molecule has 0 aliphatic rings. The molecule has 4 aromatic carbocycles. The number of aliphatic hydroxyl groups is 1. The van der Waals surface area contributed by atoms with Crippen LogP contribution in [0, 0.1) is 0 Å². The maximum absolute atomic E-state index is 12.5. The molecule has 4 nitrogen and oxygen atoms in total. The predicted molar refractivity (Wildman–Crippen MR) is 156 cm³/mol. The summed E-state index contributed by atoms with van der Waals surface area (Å²) in [6, 6.07) is 30.7. The van der Waals surface area contributed by atoms with Crippen LogP contribution in [0.5, 0.6) is 5.75 Å². The van der Waals surface area contributed by atoms with Crippen LogP contribution >= 0.6 is 15.9 Å². The maximum Gasteiger partial charge on any atom is 0.129 e. The van der Waals surface area contributed by atoms with Gasteiger partial charge in [0.25, 0.3) is 0 Å². The number of nitrogens with zero attached hydrogens (tertiary/aromatic N) is 2. The molecule has 0 amide bonds. The van der Waals surface area contributed by atoms with Gasteiger partial charge in [-0.1, -0.05) is 66.7 Å². The van der Waals surface area contributed by atoms with Crippen LogP contribution in [0.4, 0.5) is 0 Å². The minimum absolute atomic E-state index is 0.409. The number of hydrogen-bond acceptors (Lipinski definition) is 4. The van der Waals surface area contributed by atoms with Gasteiger partial charge in [-0.3, -0.25) is 0 Å². The van der Waals surface area contributed by atoms with Gasteiger partial charge < -0.3 is 14.7 Å². The van der Waals surface area contributed by atoms with E-state index in [9.17, 15) is 5.11 Å². The van der Waals surface area contributed by atoms with Crippen molar-refractivity contribution >= 4 is 37.6 Å². The summed E-state index contributed by atoms with van der Waals surface area (Å²) in [5.41, 5.74) is 3.40. The van der Waals surface area contributed by atoms with Crippen molar-refractivity contribution in [2.45, 2.75) is 18.4 Å². The van der Waals surface area contributed by atoms with Gasteiger partial charge in [0.1, 0.15) is 5.75 Å². The lowest BCUT2D eigenvalue weighted by atomic mass is 9.80. The highest BCUT2D eigenvalue weighted by Gasteiger charge is 2.33. The van der Waals surface area contributed by atoms with E-state index in [0.717, 1.165) is 60.8 Å². The van der Waals surface area contributed by atoms with Crippen LogP contribution in [0.25, 0.3) is 32.9 Å². The number of para-hydroxylation sites is 1. The van der Waals surface area contributed by atoms with Gasteiger partial charge in [0.15, 0.2) is 0 Å². The average Bonchev–Trinajstić information content (AvgIpc) is 2.91. The summed E-state index contributed by atoms with van der Waals surface area (Å²) in [5.74, 6) is 0.736. The molecule has 0 aliphatic carbocycles. The summed E-state index contributed by atoms with van der Waals surface area (Å²) in [4.78, 5) is 7.24. The van der Waals surface area contributed by atoms with Crippen molar-refractivity contribution in [2.24, 2.45) is 0 Å². The van der Waals surface area contributed by atoms with E-state index in [1.165, 1.54) is 0 Å². The van der Waals surface area contributed by atoms with Gasteiger partial charge in [0.05, 0.1) is 29.5 Å². The fourth-order valence-electron chi connectivity index (χ4n) is 5.09. The van der Waals surface area contributed by atoms with Crippen LogP contribution in [0.2, 0.25) is 0 Å². The molecule has 1 N–H and O–H groups in total. The number of methoxy groups -OCH3 is 1. The SMILES string of the molecule is COc1cccc(Br)c1-c1nc2ccccc2cc1C[C@@](O)(CCN(C)C)c1cccc2ccccc12. The Kier molecular flexibility index (Phi) is 7.29. The number of pyridine rings is 1. The molecule has 1 atom stereocenters. The number of ether oxygens (including phenoxy) is 1. The smallest absolute Gasteiger partial charge is 0.129 e. The standard InChI is InChI=1S/C32H31BrN2O2/c1-35(2)19-18-32(36,26-14-8-12-22-10-4-6-13-25(22)26)21-24-20-23-11-5-7-16-28(23)34-31(24)30-27(33)15-9-17-29(30)37-3/h4-17,20,36H,18-19,21H2,1-3H3/t32-/m0/s1. The number of aromatic nitrogens is 1. The Balaban J connectivity index is 1.74. The monoisotopic (exact) mass is 554 g/mol. The molecule has 5 aromatic rings. The largest absolute Gasteiger partial charge is 0.496 e. The molecule has 0 fully saturated rings. The van der Waals surface area contributed by atoms with E-state index in [4.69, 9.17) is 9.72 Å². The molecule has 37 heavy (non-hydrogen) atoms. The number of hydrogen-bond donors (Lipinski definition) is 1. The first kappa shape index (κ1) is 25.4. The average molecular weight is 556 g/mol. The molecule has 0 bridgehead atoms. The minimum atomic E-state index is -1.11. The molecule has 0 unspecified atom stereocenters. The van der Waals surface area contributed by atoms with E-state index < -0.39 is 5.60 Å². The molecular formula is C32H31BrN2O2. The van der Waals surface area contributed by atoms with Crippen molar-refractivity contribution in [3.05, 3.63) is 107 Å². The van der Waals surface area contributed by atoms with Gasteiger partial charge in [-0.25, -0.2) is 4.98 Å². The second-order valence-corrected chi connectivity index (χ2v) is 10.6. The predicted octanol–water partition coefficient (Wildman–Crippen LogP) is 7.21. The van der Waals surface area contributed by atoms with E-state index in [-0.39, 0.29) is 0 Å². The van der Waals surface area contributed by atoms with Crippen molar-refractivity contribution < 1.29 is 9.84 Å². The van der Waals surface area contributed by atoms with Crippen LogP contribution in [0.1, 0.15) is 17.5 Å². The Bertz CT molecular complexity index is 1560. The van der Waals surface area contributed by atoms with Crippen LogP contribution in [0.15, 0.2) is 95.5 Å². The lowest BCUT2D eigenvalue weighted by molar-refractivity contribution is 0.0227. The number of rotatable bonds is 8. The summed E-state index contributed by atoms with van der Waals surface area (Å²) >= 11 is 3.74. The van der Waals surface area contributed by atoms with E-state index >= 15 is 0 Å². The van der Waals surface area contributed by atoms with Crippen molar-refractivity contribution in [1.29, 1.82) is 0 Å². The highest BCUT2D eigenvalue weighted by atomic mass is 79.9.